The van der Waals surface area contributed by atoms with E-state index in [1.807, 2.05) is 78.9 Å². The SMILES string of the molecule is [C-]#[N+]C(c1nc2ccccc2s1)=c1[nH]c(-c2ccc(C(C)(C)C)cc2)c2c(=C(C#N)c3nc4ccccc4s3)[nH]c(-c3ccccc3)c12. The minimum Gasteiger partial charge on any atom is -0.363 e. The predicted molar refractivity (Wildman–Crippen MR) is 198 cm³/mol. The standard InChI is InChI=1S/C40H28N6S2/c1-40(2,3)25-20-18-24(19-21-25)34-31-32(36(46-34)37(42-4)39-44-28-15-9-11-17-30(28)48-39)33(23-12-6-5-7-13-23)45-35(31)26(22-41)38-43-27-14-8-10-16-29(27)47-38/h5-21,45-46H,1-3H3. The monoisotopic (exact) mass is 656 g/mol. The van der Waals surface area contributed by atoms with Crippen LogP contribution in [0.3, 0.4) is 0 Å². The first-order valence-electron chi connectivity index (χ1n) is 15.5. The normalized spacial score (nSPS) is 13.1. The second kappa shape index (κ2) is 11.5. The first-order valence-corrected chi connectivity index (χ1v) is 17.2. The maximum Gasteiger partial charge on any atom is 0.245 e. The number of aromatic nitrogens is 4. The maximum atomic E-state index is 10.8. The van der Waals surface area contributed by atoms with Crippen LogP contribution in [-0.4, -0.2) is 19.9 Å². The molecule has 4 heterocycles. The molecule has 0 aliphatic rings. The van der Waals surface area contributed by atoms with Crippen LogP contribution in [0.4, 0.5) is 0 Å². The van der Waals surface area contributed by atoms with Crippen molar-refractivity contribution in [3.05, 3.63) is 141 Å². The predicted octanol–water partition coefficient (Wildman–Crippen LogP) is 9.15. The molecule has 0 fully saturated rings. The number of nitrogens with one attached hydrogen (secondary N) is 2. The van der Waals surface area contributed by atoms with Crippen LogP contribution in [0.5, 0.6) is 0 Å². The quantitative estimate of drug-likeness (QED) is 0.185. The number of nitrogens with zero attached hydrogens (tertiary/aromatic N) is 4. The third-order valence-electron chi connectivity index (χ3n) is 8.57. The van der Waals surface area contributed by atoms with Gasteiger partial charge in [-0.2, -0.15) is 5.26 Å². The van der Waals surface area contributed by atoms with Crippen molar-refractivity contribution in [2.75, 3.05) is 0 Å². The van der Waals surface area contributed by atoms with Gasteiger partial charge in [-0.05, 0) is 46.4 Å². The summed E-state index contributed by atoms with van der Waals surface area (Å²) in [5.41, 5.74) is 7.33. The fraction of sp³-hybridized carbons (Fsp3) is 0.100. The fourth-order valence-electron chi connectivity index (χ4n) is 6.16. The van der Waals surface area contributed by atoms with Crippen molar-refractivity contribution in [2.24, 2.45) is 0 Å². The van der Waals surface area contributed by atoms with Gasteiger partial charge in [-0.3, -0.25) is 0 Å². The molecule has 0 aliphatic heterocycles. The number of rotatable bonds is 4. The lowest BCUT2D eigenvalue weighted by molar-refractivity contribution is 0.590. The van der Waals surface area contributed by atoms with Gasteiger partial charge in [0, 0.05) is 10.8 Å². The average Bonchev–Trinajstić information content (AvgIpc) is 3.89. The molecule has 0 amide bonds. The second-order valence-corrected chi connectivity index (χ2v) is 14.7. The van der Waals surface area contributed by atoms with E-state index >= 15 is 0 Å². The molecule has 0 radical (unpaired) electrons. The molecule has 0 spiro atoms. The van der Waals surface area contributed by atoms with Crippen LogP contribution in [0.1, 0.15) is 36.3 Å². The molecule has 8 aromatic rings. The van der Waals surface area contributed by atoms with Gasteiger partial charge in [0.25, 0.3) is 0 Å². The molecule has 48 heavy (non-hydrogen) atoms. The Morgan fingerprint density at radius 3 is 1.79 bits per heavy atom. The Hall–Kier alpha value is -5.80. The van der Waals surface area contributed by atoms with E-state index in [1.54, 1.807) is 0 Å². The van der Waals surface area contributed by atoms with Gasteiger partial charge in [-0.15, -0.1) is 22.7 Å². The average molecular weight is 657 g/mol. The zero-order valence-corrected chi connectivity index (χ0v) is 28.1. The number of benzene rings is 4. The van der Waals surface area contributed by atoms with Gasteiger partial charge in [-0.1, -0.05) is 99.6 Å². The largest absolute Gasteiger partial charge is 0.363 e. The minimum atomic E-state index is -0.0129. The summed E-state index contributed by atoms with van der Waals surface area (Å²) in [6.45, 7) is 15.0. The molecular formula is C40H28N6S2. The molecule has 8 rings (SSSR count). The fourth-order valence-corrected chi connectivity index (χ4v) is 8.09. The summed E-state index contributed by atoms with van der Waals surface area (Å²) < 4.78 is 2.03. The Kier molecular flexibility index (Phi) is 7.07. The number of thiazole rings is 2. The molecule has 0 saturated carbocycles. The van der Waals surface area contributed by atoms with Crippen LogP contribution in [-0.2, 0) is 5.41 Å². The molecule has 0 bridgehead atoms. The molecule has 8 heteroatoms. The number of hydrogen-bond donors (Lipinski definition) is 2. The molecule has 2 N–H and O–H groups in total. The summed E-state index contributed by atoms with van der Waals surface area (Å²) in [4.78, 5) is 21.3. The Bertz CT molecular complexity index is 2560. The van der Waals surface area contributed by atoms with E-state index in [4.69, 9.17) is 16.5 Å². The number of hydrogen-bond acceptors (Lipinski definition) is 5. The highest BCUT2D eigenvalue weighted by atomic mass is 32.1. The highest BCUT2D eigenvalue weighted by Gasteiger charge is 2.24. The Labute approximate surface area is 284 Å². The molecule has 4 aromatic carbocycles. The number of fused-ring (bicyclic) bond motifs is 3. The molecule has 0 aliphatic carbocycles. The van der Waals surface area contributed by atoms with Gasteiger partial charge in [-0.25, -0.2) is 14.8 Å². The molecule has 4 aromatic heterocycles. The van der Waals surface area contributed by atoms with Gasteiger partial charge in [0.2, 0.25) is 5.70 Å². The minimum absolute atomic E-state index is 0.0129. The first kappa shape index (κ1) is 29.6. The summed E-state index contributed by atoms with van der Waals surface area (Å²) in [6, 6.07) is 37.0. The van der Waals surface area contributed by atoms with E-state index in [1.165, 1.54) is 28.2 Å². The number of H-pyrrole nitrogens is 2. The molecule has 0 atom stereocenters. The van der Waals surface area contributed by atoms with Crippen molar-refractivity contribution >= 4 is 65.1 Å². The van der Waals surface area contributed by atoms with E-state index in [9.17, 15) is 5.26 Å². The van der Waals surface area contributed by atoms with Gasteiger partial charge in [0.15, 0.2) is 0 Å². The molecule has 6 nitrogen and oxygen atoms in total. The Morgan fingerprint density at radius 2 is 1.21 bits per heavy atom. The number of nitriles is 1. The van der Waals surface area contributed by atoms with Crippen molar-refractivity contribution in [1.82, 2.24) is 19.9 Å². The van der Waals surface area contributed by atoms with Crippen molar-refractivity contribution in [3.8, 4) is 28.6 Å². The van der Waals surface area contributed by atoms with E-state index in [2.05, 4.69) is 65.9 Å². The lowest BCUT2D eigenvalue weighted by Crippen LogP contribution is -2.11. The van der Waals surface area contributed by atoms with Gasteiger partial charge in [0.1, 0.15) is 21.7 Å². The molecule has 230 valence electrons. The third-order valence-corrected chi connectivity index (χ3v) is 10.7. The Morgan fingerprint density at radius 1 is 0.688 bits per heavy atom. The highest BCUT2D eigenvalue weighted by molar-refractivity contribution is 7.20. The van der Waals surface area contributed by atoms with Crippen LogP contribution >= 0.6 is 22.7 Å². The van der Waals surface area contributed by atoms with E-state index < -0.39 is 0 Å². The summed E-state index contributed by atoms with van der Waals surface area (Å²) in [5.74, 6) is 0. The van der Waals surface area contributed by atoms with E-state index in [0.717, 1.165) is 53.7 Å². The summed E-state index contributed by atoms with van der Waals surface area (Å²) >= 11 is 3.00. The van der Waals surface area contributed by atoms with Crippen LogP contribution in [0.25, 0.3) is 69.8 Å². The summed E-state index contributed by atoms with van der Waals surface area (Å²) in [6.07, 6.45) is 0. The highest BCUT2D eigenvalue weighted by Crippen LogP contribution is 2.35. The van der Waals surface area contributed by atoms with Crippen molar-refractivity contribution in [3.63, 3.8) is 0 Å². The zero-order chi connectivity index (χ0) is 33.0. The number of para-hydroxylation sites is 2. The lowest BCUT2D eigenvalue weighted by Gasteiger charge is -2.19. The van der Waals surface area contributed by atoms with Crippen LogP contribution in [0.2, 0.25) is 0 Å². The summed E-state index contributed by atoms with van der Waals surface area (Å²) in [7, 11) is 0. The van der Waals surface area contributed by atoms with Crippen molar-refractivity contribution in [2.45, 2.75) is 26.2 Å². The van der Waals surface area contributed by atoms with Gasteiger partial charge >= 0.3 is 0 Å². The molecule has 0 unspecified atom stereocenters. The van der Waals surface area contributed by atoms with Crippen molar-refractivity contribution < 1.29 is 0 Å². The topological polar surface area (TPSA) is 85.5 Å². The first-order chi connectivity index (χ1) is 23.3. The van der Waals surface area contributed by atoms with Gasteiger partial charge in [0.05, 0.1) is 49.1 Å². The maximum absolute atomic E-state index is 10.8. The Balaban J connectivity index is 1.56. The van der Waals surface area contributed by atoms with Crippen molar-refractivity contribution in [1.29, 1.82) is 5.26 Å². The molecule has 0 saturated heterocycles. The number of aromatic amines is 2. The van der Waals surface area contributed by atoms with Crippen LogP contribution in [0, 0.1) is 17.9 Å². The van der Waals surface area contributed by atoms with Crippen LogP contribution < -0.4 is 10.7 Å². The zero-order valence-electron chi connectivity index (χ0n) is 26.4. The van der Waals surface area contributed by atoms with Crippen LogP contribution in [0.15, 0.2) is 103 Å². The van der Waals surface area contributed by atoms with E-state index in [-0.39, 0.29) is 5.41 Å². The van der Waals surface area contributed by atoms with E-state index in [0.29, 0.717) is 32.0 Å². The molecular weight excluding hydrogens is 629 g/mol. The summed E-state index contributed by atoms with van der Waals surface area (Å²) in [5, 5.41) is 15.1. The second-order valence-electron chi connectivity index (χ2n) is 12.6. The van der Waals surface area contributed by atoms with Gasteiger partial charge < -0.3 is 9.97 Å². The lowest BCUT2D eigenvalue weighted by atomic mass is 9.86. The third kappa shape index (κ3) is 4.91. The smallest absolute Gasteiger partial charge is 0.245 e.